The van der Waals surface area contributed by atoms with Gasteiger partial charge in [-0.3, -0.25) is 0 Å². The maximum Gasteiger partial charge on any atom is 0.212 e. The summed E-state index contributed by atoms with van der Waals surface area (Å²) in [6, 6.07) is 17.8. The zero-order valence-corrected chi connectivity index (χ0v) is 13.6. The lowest BCUT2D eigenvalue weighted by Gasteiger charge is -2.11. The van der Waals surface area contributed by atoms with Crippen LogP contribution in [0.25, 0.3) is 11.4 Å². The average Bonchev–Trinajstić information content (AvgIpc) is 3.04. The van der Waals surface area contributed by atoms with Gasteiger partial charge in [-0.05, 0) is 17.7 Å². The highest BCUT2D eigenvalue weighted by atomic mass is 32.2. The van der Waals surface area contributed by atoms with Crippen LogP contribution < -0.4 is 10.5 Å². The minimum absolute atomic E-state index is 0.517. The van der Waals surface area contributed by atoms with Crippen molar-refractivity contribution in [3.8, 4) is 17.1 Å². The van der Waals surface area contributed by atoms with Crippen LogP contribution in [-0.4, -0.2) is 26.5 Å². The van der Waals surface area contributed by atoms with Gasteiger partial charge in [0.25, 0.3) is 0 Å². The predicted octanol–water partition coefficient (Wildman–Crippen LogP) is 2.75. The van der Waals surface area contributed by atoms with Crippen molar-refractivity contribution < 1.29 is 4.74 Å². The molecule has 0 aliphatic carbocycles. The monoisotopic (exact) mass is 337 g/mol. The summed E-state index contributed by atoms with van der Waals surface area (Å²) >= 11 is 1.53. The van der Waals surface area contributed by atoms with Gasteiger partial charge >= 0.3 is 0 Å². The van der Waals surface area contributed by atoms with Crippen LogP contribution in [0.3, 0.4) is 0 Å². The molecule has 1 aliphatic rings. The summed E-state index contributed by atoms with van der Waals surface area (Å²) in [6.07, 6.45) is 0. The summed E-state index contributed by atoms with van der Waals surface area (Å²) in [5.41, 5.74) is 7.83. The first kappa shape index (κ1) is 14.8. The Morgan fingerprint density at radius 1 is 1.08 bits per heavy atom. The number of rotatable bonds is 4. The Labute approximate surface area is 143 Å². The smallest absolute Gasteiger partial charge is 0.212 e. The van der Waals surface area contributed by atoms with Gasteiger partial charge in [-0.15, -0.1) is 10.2 Å². The number of benzene rings is 2. The summed E-state index contributed by atoms with van der Waals surface area (Å²) < 4.78 is 7.55. The Bertz CT molecular complexity index is 891. The molecule has 7 heteroatoms. The summed E-state index contributed by atoms with van der Waals surface area (Å²) in [7, 11) is 0. The number of hydrogen-bond acceptors (Lipinski definition) is 6. The average molecular weight is 337 g/mol. The molecule has 0 atom stereocenters. The SMILES string of the molecule is NC1=Nn2c(nnc2-c2cccc(OCc3ccccc3)c2)SC1. The van der Waals surface area contributed by atoms with Crippen LogP contribution in [0.1, 0.15) is 5.56 Å². The third kappa shape index (κ3) is 2.98. The molecular weight excluding hydrogens is 322 g/mol. The lowest BCUT2D eigenvalue weighted by Crippen LogP contribution is -2.20. The molecule has 1 aromatic heterocycles. The second kappa shape index (κ2) is 6.37. The van der Waals surface area contributed by atoms with Crippen LogP contribution in [0.2, 0.25) is 0 Å². The van der Waals surface area contributed by atoms with E-state index in [0.717, 1.165) is 22.0 Å². The van der Waals surface area contributed by atoms with Gasteiger partial charge < -0.3 is 10.5 Å². The fourth-order valence-corrected chi connectivity index (χ4v) is 3.07. The van der Waals surface area contributed by atoms with E-state index in [-0.39, 0.29) is 0 Å². The van der Waals surface area contributed by atoms with Crippen molar-refractivity contribution in [1.29, 1.82) is 0 Å². The second-order valence-electron chi connectivity index (χ2n) is 5.30. The normalized spacial score (nSPS) is 13.2. The molecule has 0 amide bonds. The van der Waals surface area contributed by atoms with Crippen molar-refractivity contribution in [1.82, 2.24) is 14.9 Å². The Morgan fingerprint density at radius 2 is 1.96 bits per heavy atom. The Hall–Kier alpha value is -2.80. The predicted molar refractivity (Wildman–Crippen MR) is 94.0 cm³/mol. The summed E-state index contributed by atoms with van der Waals surface area (Å²) in [5, 5.41) is 13.5. The molecule has 0 saturated heterocycles. The molecule has 0 unspecified atom stereocenters. The molecule has 0 fully saturated rings. The first-order chi connectivity index (χ1) is 11.8. The summed E-state index contributed by atoms with van der Waals surface area (Å²) in [5.74, 6) is 2.63. The second-order valence-corrected chi connectivity index (χ2v) is 6.24. The van der Waals surface area contributed by atoms with Gasteiger partial charge in [-0.2, -0.15) is 9.78 Å². The molecule has 2 heterocycles. The number of nitrogens with zero attached hydrogens (tertiary/aromatic N) is 4. The van der Waals surface area contributed by atoms with E-state index in [0.29, 0.717) is 24.0 Å². The number of hydrogen-bond donors (Lipinski definition) is 1. The molecule has 3 aromatic rings. The van der Waals surface area contributed by atoms with E-state index < -0.39 is 0 Å². The standard InChI is InChI=1S/C17H15N5OS/c18-15-11-24-17-20-19-16(22(17)21-15)13-7-4-8-14(9-13)23-10-12-5-2-1-3-6-12/h1-9H,10-11H2,(H2,18,21). The summed E-state index contributed by atoms with van der Waals surface area (Å²) in [6.45, 7) is 0.517. The van der Waals surface area contributed by atoms with Crippen molar-refractivity contribution in [3.05, 3.63) is 60.2 Å². The van der Waals surface area contributed by atoms with Gasteiger partial charge in [0.1, 0.15) is 18.2 Å². The van der Waals surface area contributed by atoms with Crippen molar-refractivity contribution in [2.75, 3.05) is 5.75 Å². The van der Waals surface area contributed by atoms with Gasteiger partial charge in [0.2, 0.25) is 5.16 Å². The summed E-state index contributed by atoms with van der Waals surface area (Å²) in [4.78, 5) is 0. The number of ether oxygens (including phenoxy) is 1. The molecule has 0 bridgehead atoms. The number of nitrogens with two attached hydrogens (primary N) is 1. The minimum Gasteiger partial charge on any atom is -0.489 e. The zero-order valence-electron chi connectivity index (χ0n) is 12.8. The Kier molecular flexibility index (Phi) is 3.92. The van der Waals surface area contributed by atoms with E-state index in [2.05, 4.69) is 15.3 Å². The van der Waals surface area contributed by atoms with Crippen LogP contribution in [0.15, 0.2) is 64.9 Å². The zero-order chi connectivity index (χ0) is 16.4. The third-order valence-electron chi connectivity index (χ3n) is 3.53. The molecule has 2 aromatic carbocycles. The topological polar surface area (TPSA) is 78.3 Å². The molecule has 120 valence electrons. The lowest BCUT2D eigenvalue weighted by molar-refractivity contribution is 0.306. The van der Waals surface area contributed by atoms with Crippen molar-refractivity contribution in [3.63, 3.8) is 0 Å². The van der Waals surface area contributed by atoms with Gasteiger partial charge in [0.05, 0.1) is 5.75 Å². The van der Waals surface area contributed by atoms with E-state index in [1.165, 1.54) is 11.8 Å². The highest BCUT2D eigenvalue weighted by molar-refractivity contribution is 7.99. The molecule has 0 saturated carbocycles. The van der Waals surface area contributed by atoms with Crippen LogP contribution in [0, 0.1) is 0 Å². The highest BCUT2D eigenvalue weighted by Crippen LogP contribution is 2.28. The lowest BCUT2D eigenvalue weighted by atomic mass is 10.2. The first-order valence-electron chi connectivity index (χ1n) is 7.48. The molecule has 0 radical (unpaired) electrons. The van der Waals surface area contributed by atoms with Crippen LogP contribution in [0.4, 0.5) is 0 Å². The van der Waals surface area contributed by atoms with Crippen molar-refractivity contribution in [2.24, 2.45) is 10.8 Å². The van der Waals surface area contributed by atoms with Gasteiger partial charge in [-0.25, -0.2) is 0 Å². The van der Waals surface area contributed by atoms with Gasteiger partial charge in [0, 0.05) is 5.56 Å². The third-order valence-corrected chi connectivity index (χ3v) is 4.48. The molecule has 6 nitrogen and oxygen atoms in total. The number of aromatic nitrogens is 3. The molecule has 2 N–H and O–H groups in total. The van der Waals surface area contributed by atoms with Crippen LogP contribution in [0.5, 0.6) is 5.75 Å². The Balaban J connectivity index is 1.59. The molecule has 0 spiro atoms. The molecule has 24 heavy (non-hydrogen) atoms. The molecule has 4 rings (SSSR count). The highest BCUT2D eigenvalue weighted by Gasteiger charge is 2.18. The number of amidine groups is 1. The van der Waals surface area contributed by atoms with E-state index in [4.69, 9.17) is 10.5 Å². The minimum atomic E-state index is 0.517. The molecule has 1 aliphatic heterocycles. The maximum atomic E-state index is 5.87. The van der Waals surface area contributed by atoms with Crippen LogP contribution >= 0.6 is 11.8 Å². The quantitative estimate of drug-likeness (QED) is 0.792. The van der Waals surface area contributed by atoms with E-state index in [1.807, 2.05) is 54.6 Å². The Morgan fingerprint density at radius 3 is 2.83 bits per heavy atom. The number of fused-ring (bicyclic) bond motifs is 1. The van der Waals surface area contributed by atoms with E-state index in [9.17, 15) is 0 Å². The van der Waals surface area contributed by atoms with E-state index >= 15 is 0 Å². The number of thioether (sulfide) groups is 1. The fourth-order valence-electron chi connectivity index (χ4n) is 2.39. The van der Waals surface area contributed by atoms with Crippen LogP contribution in [-0.2, 0) is 6.61 Å². The first-order valence-corrected chi connectivity index (χ1v) is 8.47. The van der Waals surface area contributed by atoms with E-state index in [1.54, 1.807) is 4.68 Å². The fraction of sp³-hybridized carbons (Fsp3) is 0.118. The largest absolute Gasteiger partial charge is 0.489 e. The maximum absolute atomic E-state index is 5.87. The van der Waals surface area contributed by atoms with Gasteiger partial charge in [0.15, 0.2) is 5.82 Å². The van der Waals surface area contributed by atoms with Crippen molar-refractivity contribution in [2.45, 2.75) is 11.8 Å². The van der Waals surface area contributed by atoms with Gasteiger partial charge in [-0.1, -0.05) is 54.2 Å². The van der Waals surface area contributed by atoms with Crippen molar-refractivity contribution >= 4 is 17.6 Å². The molecular formula is C17H15N5OS.